The summed E-state index contributed by atoms with van der Waals surface area (Å²) < 4.78 is 2.18. The van der Waals surface area contributed by atoms with Crippen LogP contribution in [0.5, 0.6) is 0 Å². The Morgan fingerprint density at radius 3 is 3.00 bits per heavy atom. The number of aromatic amines is 1. The molecule has 0 bridgehead atoms. The molecule has 1 aliphatic rings. The molecule has 3 nitrogen and oxygen atoms in total. The fraction of sp³-hybridized carbons (Fsp3) is 0.278. The maximum Gasteiger partial charge on any atom is 0.287 e. The smallest absolute Gasteiger partial charge is 0.287 e. The average molecular weight is 278 g/mol. The molecule has 0 amide bonds. The number of para-hydroxylation sites is 1. The number of fused-ring (bicyclic) bond motifs is 2. The number of rotatable bonds is 2. The third kappa shape index (κ3) is 2.19. The van der Waals surface area contributed by atoms with Crippen LogP contribution < -0.4 is 9.30 Å². The Bertz CT molecular complexity index is 788. The number of H-pyrrole nitrogens is 1. The van der Waals surface area contributed by atoms with Gasteiger partial charge in [0.25, 0.3) is 5.65 Å². The fourth-order valence-corrected chi connectivity index (χ4v) is 3.32. The number of benzene rings is 1. The number of imidazole rings is 1. The largest absolute Gasteiger partial charge is 0.363 e. The first-order chi connectivity index (χ1) is 10.3. The summed E-state index contributed by atoms with van der Waals surface area (Å²) in [6.07, 6.45) is 6.75. The molecule has 106 valence electrons. The van der Waals surface area contributed by atoms with Crippen LogP contribution in [0.3, 0.4) is 0 Å². The van der Waals surface area contributed by atoms with Gasteiger partial charge in [-0.1, -0.05) is 18.2 Å². The molecule has 3 aromatic rings. The Labute approximate surface area is 124 Å². The highest BCUT2D eigenvalue weighted by Gasteiger charge is 2.19. The van der Waals surface area contributed by atoms with Crippen LogP contribution in [-0.2, 0) is 13.0 Å². The first-order valence-corrected chi connectivity index (χ1v) is 7.62. The molecular formula is C18H20N3+. The van der Waals surface area contributed by atoms with Crippen molar-refractivity contribution in [1.82, 2.24) is 4.98 Å². The van der Waals surface area contributed by atoms with Gasteiger partial charge in [0.2, 0.25) is 0 Å². The van der Waals surface area contributed by atoms with E-state index in [1.807, 2.05) is 0 Å². The first-order valence-electron chi connectivity index (χ1n) is 7.62. The van der Waals surface area contributed by atoms with Crippen molar-refractivity contribution in [2.24, 2.45) is 0 Å². The van der Waals surface area contributed by atoms with Gasteiger partial charge in [0.05, 0.1) is 12.7 Å². The SMILES string of the molecule is Cc1ccc[n+]2cc(CN3CCCc4ccccc43)[nH]c12. The third-order valence-electron chi connectivity index (χ3n) is 4.37. The zero-order valence-corrected chi connectivity index (χ0v) is 12.3. The summed E-state index contributed by atoms with van der Waals surface area (Å²) >= 11 is 0. The number of hydrogen-bond acceptors (Lipinski definition) is 1. The lowest BCUT2D eigenvalue weighted by Gasteiger charge is -2.30. The number of aryl methyl sites for hydroxylation is 2. The van der Waals surface area contributed by atoms with E-state index < -0.39 is 0 Å². The van der Waals surface area contributed by atoms with Crippen molar-refractivity contribution in [3.05, 3.63) is 65.6 Å². The van der Waals surface area contributed by atoms with E-state index in [9.17, 15) is 0 Å². The van der Waals surface area contributed by atoms with E-state index >= 15 is 0 Å². The molecule has 0 atom stereocenters. The second-order valence-corrected chi connectivity index (χ2v) is 5.88. The maximum absolute atomic E-state index is 3.56. The van der Waals surface area contributed by atoms with Gasteiger partial charge >= 0.3 is 0 Å². The molecule has 3 heterocycles. The van der Waals surface area contributed by atoms with Gasteiger partial charge in [-0.05, 0) is 43.5 Å². The number of anilines is 1. The molecule has 1 N–H and O–H groups in total. The van der Waals surface area contributed by atoms with Crippen molar-refractivity contribution >= 4 is 11.3 Å². The number of nitrogens with zero attached hydrogens (tertiary/aromatic N) is 2. The van der Waals surface area contributed by atoms with Gasteiger partial charge in [0, 0.05) is 17.8 Å². The molecule has 0 fully saturated rings. The van der Waals surface area contributed by atoms with Crippen molar-refractivity contribution in [3.63, 3.8) is 0 Å². The molecule has 0 aliphatic carbocycles. The van der Waals surface area contributed by atoms with Crippen LogP contribution in [0.1, 0.15) is 23.2 Å². The van der Waals surface area contributed by atoms with Gasteiger partial charge in [-0.3, -0.25) is 0 Å². The zero-order valence-electron chi connectivity index (χ0n) is 12.3. The Morgan fingerprint density at radius 2 is 2.10 bits per heavy atom. The van der Waals surface area contributed by atoms with Crippen LogP contribution in [0.4, 0.5) is 5.69 Å². The molecule has 0 spiro atoms. The van der Waals surface area contributed by atoms with Crippen LogP contribution in [0, 0.1) is 6.92 Å². The van der Waals surface area contributed by atoms with Crippen molar-refractivity contribution in [1.29, 1.82) is 0 Å². The van der Waals surface area contributed by atoms with Crippen molar-refractivity contribution in [2.75, 3.05) is 11.4 Å². The van der Waals surface area contributed by atoms with Gasteiger partial charge in [0.15, 0.2) is 5.69 Å². The number of aromatic nitrogens is 2. The normalized spacial score (nSPS) is 14.4. The van der Waals surface area contributed by atoms with E-state index in [0.29, 0.717) is 0 Å². The Balaban J connectivity index is 1.68. The highest BCUT2D eigenvalue weighted by Crippen LogP contribution is 2.27. The van der Waals surface area contributed by atoms with Crippen molar-refractivity contribution in [2.45, 2.75) is 26.3 Å². The lowest BCUT2D eigenvalue weighted by molar-refractivity contribution is -0.510. The Kier molecular flexibility index (Phi) is 2.92. The summed E-state index contributed by atoms with van der Waals surface area (Å²) in [6.45, 7) is 4.22. The average Bonchev–Trinajstić information content (AvgIpc) is 2.92. The van der Waals surface area contributed by atoms with Gasteiger partial charge in [-0.2, -0.15) is 0 Å². The minimum atomic E-state index is 0.943. The van der Waals surface area contributed by atoms with E-state index in [-0.39, 0.29) is 0 Å². The number of hydrogen-bond donors (Lipinski definition) is 1. The molecule has 3 heteroatoms. The lowest BCUT2D eigenvalue weighted by atomic mass is 10.0. The summed E-state index contributed by atoms with van der Waals surface area (Å²) in [4.78, 5) is 6.05. The summed E-state index contributed by atoms with van der Waals surface area (Å²) in [6, 6.07) is 13.0. The molecule has 0 radical (unpaired) electrons. The fourth-order valence-electron chi connectivity index (χ4n) is 3.32. The van der Waals surface area contributed by atoms with Crippen molar-refractivity contribution < 1.29 is 4.40 Å². The Hall–Kier alpha value is -2.29. The van der Waals surface area contributed by atoms with E-state index in [0.717, 1.165) is 13.1 Å². The summed E-state index contributed by atoms with van der Waals surface area (Å²) in [7, 11) is 0. The highest BCUT2D eigenvalue weighted by molar-refractivity contribution is 5.55. The molecule has 1 aliphatic heterocycles. The number of pyridine rings is 1. The minimum absolute atomic E-state index is 0.943. The summed E-state index contributed by atoms with van der Waals surface area (Å²) in [5.74, 6) is 0. The van der Waals surface area contributed by atoms with E-state index in [1.54, 1.807) is 0 Å². The van der Waals surface area contributed by atoms with Gasteiger partial charge < -0.3 is 4.90 Å². The monoisotopic (exact) mass is 278 g/mol. The standard InChI is InChI=1S/C18H19N3/c1-14-6-4-11-21-13-16(19-18(14)21)12-20-10-5-8-15-7-2-3-9-17(15)20/h2-4,6-7,9,11,13H,5,8,10,12H2,1H3/p+1. The maximum atomic E-state index is 3.56. The predicted octanol–water partition coefficient (Wildman–Crippen LogP) is 3.01. The molecule has 4 rings (SSSR count). The van der Waals surface area contributed by atoms with Gasteiger partial charge in [0.1, 0.15) is 6.20 Å². The van der Waals surface area contributed by atoms with E-state index in [1.165, 1.54) is 41.0 Å². The molecule has 1 aromatic carbocycles. The van der Waals surface area contributed by atoms with E-state index in [2.05, 4.69) is 70.0 Å². The molecule has 0 saturated carbocycles. The Morgan fingerprint density at radius 1 is 1.19 bits per heavy atom. The van der Waals surface area contributed by atoms with Crippen LogP contribution in [-0.4, -0.2) is 11.5 Å². The molecule has 0 saturated heterocycles. The molecule has 0 unspecified atom stereocenters. The van der Waals surface area contributed by atoms with Gasteiger partial charge in [-0.15, -0.1) is 0 Å². The highest BCUT2D eigenvalue weighted by atomic mass is 15.2. The lowest BCUT2D eigenvalue weighted by Crippen LogP contribution is -2.29. The van der Waals surface area contributed by atoms with Crippen LogP contribution in [0.2, 0.25) is 0 Å². The summed E-state index contributed by atoms with van der Waals surface area (Å²) in [5.41, 5.74) is 6.61. The van der Waals surface area contributed by atoms with Crippen molar-refractivity contribution in [3.8, 4) is 0 Å². The van der Waals surface area contributed by atoms with E-state index in [4.69, 9.17) is 0 Å². The predicted molar refractivity (Wildman–Crippen MR) is 84.5 cm³/mol. The number of nitrogens with one attached hydrogen (secondary N) is 1. The molecule has 21 heavy (non-hydrogen) atoms. The van der Waals surface area contributed by atoms with Crippen LogP contribution in [0.15, 0.2) is 48.8 Å². The first kappa shape index (κ1) is 12.5. The van der Waals surface area contributed by atoms with Crippen LogP contribution in [0.25, 0.3) is 5.65 Å². The van der Waals surface area contributed by atoms with Crippen LogP contribution >= 0.6 is 0 Å². The quantitative estimate of drug-likeness (QED) is 0.716. The zero-order chi connectivity index (χ0) is 14.2. The second-order valence-electron chi connectivity index (χ2n) is 5.88. The minimum Gasteiger partial charge on any atom is -0.363 e. The molecule has 2 aromatic heterocycles. The molecular weight excluding hydrogens is 258 g/mol. The summed E-state index contributed by atoms with van der Waals surface area (Å²) in [5, 5.41) is 0. The third-order valence-corrected chi connectivity index (χ3v) is 4.37. The topological polar surface area (TPSA) is 23.1 Å². The second kappa shape index (κ2) is 4.92. The van der Waals surface area contributed by atoms with Gasteiger partial charge in [-0.25, -0.2) is 9.38 Å².